The molecule has 2 heterocycles. The van der Waals surface area contributed by atoms with Crippen LogP contribution in [0.3, 0.4) is 0 Å². The van der Waals surface area contributed by atoms with Crippen molar-refractivity contribution in [2.75, 3.05) is 10.6 Å². The fourth-order valence-corrected chi connectivity index (χ4v) is 3.08. The summed E-state index contributed by atoms with van der Waals surface area (Å²) in [5, 5.41) is 23.4. The van der Waals surface area contributed by atoms with Crippen LogP contribution in [-0.4, -0.2) is 36.3 Å². The van der Waals surface area contributed by atoms with E-state index < -0.39 is 46.5 Å². The Morgan fingerprint density at radius 3 is 2.39 bits per heavy atom. The minimum atomic E-state index is -5.05. The number of anilines is 2. The number of amides is 2. The molecule has 174 valence electrons. The first kappa shape index (κ1) is 23.4. The van der Waals surface area contributed by atoms with Gasteiger partial charge in [0, 0.05) is 24.1 Å². The highest BCUT2D eigenvalue weighted by atomic mass is 19.4. The number of alkyl halides is 3. The van der Waals surface area contributed by atoms with Crippen LogP contribution in [0.5, 0.6) is 0 Å². The molecule has 0 bridgehead atoms. The molecule has 0 aliphatic rings. The number of carbonyl (C=O) groups is 2. The normalized spacial score (nSPS) is 11.3. The minimum absolute atomic E-state index is 0.247. The molecule has 0 radical (unpaired) electrons. The van der Waals surface area contributed by atoms with E-state index in [-0.39, 0.29) is 5.69 Å². The van der Waals surface area contributed by atoms with Crippen molar-refractivity contribution in [2.45, 2.75) is 33.1 Å². The molecule has 0 fully saturated rings. The van der Waals surface area contributed by atoms with Crippen molar-refractivity contribution in [3.63, 3.8) is 0 Å². The molecule has 0 saturated carbocycles. The smallest absolute Gasteiger partial charge is 0.324 e. The zero-order chi connectivity index (χ0) is 24.3. The number of halogens is 3. The van der Waals surface area contributed by atoms with Gasteiger partial charge < -0.3 is 10.6 Å². The molecule has 3 aromatic rings. The molecule has 0 aliphatic carbocycles. The summed E-state index contributed by atoms with van der Waals surface area (Å²) in [4.78, 5) is 34.6. The van der Waals surface area contributed by atoms with Gasteiger partial charge in [0.05, 0.1) is 4.92 Å². The third kappa shape index (κ3) is 5.16. The number of hydrogen-bond acceptors (Lipinski definition) is 6. The Hall–Kier alpha value is -4.23. The van der Waals surface area contributed by atoms with Crippen LogP contribution < -0.4 is 10.6 Å². The third-order valence-electron chi connectivity index (χ3n) is 4.57. The Balaban J connectivity index is 1.73. The molecule has 3 rings (SSSR count). The summed E-state index contributed by atoms with van der Waals surface area (Å²) in [6.07, 6.45) is -3.56. The van der Waals surface area contributed by atoms with E-state index >= 15 is 0 Å². The summed E-state index contributed by atoms with van der Waals surface area (Å²) in [6.45, 7) is 2.71. The minimum Gasteiger partial charge on any atom is -0.324 e. The second kappa shape index (κ2) is 9.10. The number of nitrogens with one attached hydrogen (secondary N) is 2. The lowest BCUT2D eigenvalue weighted by atomic mass is 10.2. The van der Waals surface area contributed by atoms with E-state index in [0.717, 1.165) is 6.92 Å². The molecule has 11 nitrogen and oxygen atoms in total. The Morgan fingerprint density at radius 1 is 1.15 bits per heavy atom. The highest BCUT2D eigenvalue weighted by molar-refractivity contribution is 6.03. The molecule has 0 saturated heterocycles. The van der Waals surface area contributed by atoms with Crippen molar-refractivity contribution in [3.05, 3.63) is 63.7 Å². The summed E-state index contributed by atoms with van der Waals surface area (Å²) >= 11 is 0. The lowest BCUT2D eigenvalue weighted by molar-refractivity contribution is -0.388. The highest BCUT2D eigenvalue weighted by Crippen LogP contribution is 2.36. The number of nitro groups is 1. The van der Waals surface area contributed by atoms with Crippen LogP contribution in [0.4, 0.5) is 30.2 Å². The fourth-order valence-electron chi connectivity index (χ4n) is 3.08. The van der Waals surface area contributed by atoms with E-state index in [0.29, 0.717) is 22.6 Å². The molecule has 2 N–H and O–H groups in total. The topological polar surface area (TPSA) is 137 Å². The van der Waals surface area contributed by atoms with E-state index in [1.54, 1.807) is 18.2 Å². The fraction of sp³-hybridized carbons (Fsp3) is 0.263. The van der Waals surface area contributed by atoms with Gasteiger partial charge in [-0.25, -0.2) is 0 Å². The van der Waals surface area contributed by atoms with Gasteiger partial charge in [0.1, 0.15) is 17.9 Å². The zero-order valence-corrected chi connectivity index (χ0v) is 17.4. The first-order chi connectivity index (χ1) is 15.5. The molecule has 2 amide bonds. The average Bonchev–Trinajstić information content (AvgIpc) is 3.33. The monoisotopic (exact) mass is 465 g/mol. The van der Waals surface area contributed by atoms with Crippen LogP contribution in [0.15, 0.2) is 36.5 Å². The molecular formula is C19H18F3N7O4. The van der Waals surface area contributed by atoms with Crippen LogP contribution in [0.2, 0.25) is 0 Å². The van der Waals surface area contributed by atoms with E-state index in [1.807, 2.05) is 6.92 Å². The molecule has 33 heavy (non-hydrogen) atoms. The van der Waals surface area contributed by atoms with Crippen molar-refractivity contribution >= 4 is 28.9 Å². The standard InChI is InChI=1S/C19H18F3N7O4/c1-3-27-14(7-8-23-27)18(31)25-13-6-4-5-12(9-13)24-15(30)10-28-11(2)16(29(32)33)17(26-28)19(20,21)22/h4-9H,3,10H2,1-2H3,(H,24,30)(H,25,31). The Labute approximate surface area is 184 Å². The first-order valence-corrected chi connectivity index (χ1v) is 9.53. The molecule has 0 spiro atoms. The molecule has 1 aromatic carbocycles. The van der Waals surface area contributed by atoms with Gasteiger partial charge in [-0.05, 0) is 38.1 Å². The van der Waals surface area contributed by atoms with Gasteiger partial charge in [-0.2, -0.15) is 23.4 Å². The number of rotatable bonds is 7. The Kier molecular flexibility index (Phi) is 6.46. The SMILES string of the molecule is CCn1nccc1C(=O)Nc1cccc(NC(=O)Cn2nc(C(F)(F)F)c([N+](=O)[O-])c2C)c1. The second-order valence-electron chi connectivity index (χ2n) is 6.81. The third-order valence-corrected chi connectivity index (χ3v) is 4.57. The van der Waals surface area contributed by atoms with Crippen LogP contribution in [-0.2, 0) is 24.1 Å². The maximum atomic E-state index is 13.1. The van der Waals surface area contributed by atoms with Crippen molar-refractivity contribution < 1.29 is 27.7 Å². The van der Waals surface area contributed by atoms with Crippen molar-refractivity contribution in [1.82, 2.24) is 19.6 Å². The van der Waals surface area contributed by atoms with Crippen molar-refractivity contribution in [1.29, 1.82) is 0 Å². The van der Waals surface area contributed by atoms with Crippen LogP contribution >= 0.6 is 0 Å². The summed E-state index contributed by atoms with van der Waals surface area (Å²) in [7, 11) is 0. The summed E-state index contributed by atoms with van der Waals surface area (Å²) < 4.78 is 41.3. The largest absolute Gasteiger partial charge is 0.442 e. The molecule has 14 heteroatoms. The predicted octanol–water partition coefficient (Wildman–Crippen LogP) is 3.23. The second-order valence-corrected chi connectivity index (χ2v) is 6.81. The quantitative estimate of drug-likeness (QED) is 0.406. The zero-order valence-electron chi connectivity index (χ0n) is 17.4. The van der Waals surface area contributed by atoms with Gasteiger partial charge in [-0.1, -0.05) is 6.07 Å². The summed E-state index contributed by atoms with van der Waals surface area (Å²) in [5.74, 6) is -1.19. The molecule has 0 aliphatic heterocycles. The van der Waals surface area contributed by atoms with Crippen molar-refractivity contribution in [3.8, 4) is 0 Å². The molecule has 0 atom stereocenters. The number of hydrogen-bond donors (Lipinski definition) is 2. The summed E-state index contributed by atoms with van der Waals surface area (Å²) in [6, 6.07) is 7.63. The first-order valence-electron chi connectivity index (χ1n) is 9.53. The van der Waals surface area contributed by atoms with Crippen molar-refractivity contribution in [2.24, 2.45) is 0 Å². The van der Waals surface area contributed by atoms with E-state index in [4.69, 9.17) is 0 Å². The van der Waals surface area contributed by atoms with Gasteiger partial charge in [-0.15, -0.1) is 0 Å². The van der Waals surface area contributed by atoms with Gasteiger partial charge in [-0.3, -0.25) is 29.1 Å². The Morgan fingerprint density at radius 2 is 1.82 bits per heavy atom. The number of nitrogens with zero attached hydrogens (tertiary/aromatic N) is 5. The van der Waals surface area contributed by atoms with Crippen LogP contribution in [0, 0.1) is 17.0 Å². The van der Waals surface area contributed by atoms with Gasteiger partial charge in [0.25, 0.3) is 5.91 Å². The maximum Gasteiger partial charge on any atom is 0.442 e. The predicted molar refractivity (Wildman–Crippen MR) is 110 cm³/mol. The molecule has 0 unspecified atom stereocenters. The van der Waals surface area contributed by atoms with Crippen LogP contribution in [0.25, 0.3) is 0 Å². The summed E-state index contributed by atoms with van der Waals surface area (Å²) in [5.41, 5.74) is -2.34. The van der Waals surface area contributed by atoms with E-state index in [1.165, 1.54) is 23.0 Å². The average molecular weight is 465 g/mol. The van der Waals surface area contributed by atoms with Gasteiger partial charge in [0.15, 0.2) is 0 Å². The highest BCUT2D eigenvalue weighted by Gasteiger charge is 2.44. The lowest BCUT2D eigenvalue weighted by Gasteiger charge is -2.10. The number of aryl methyl sites for hydroxylation is 1. The molecular weight excluding hydrogens is 447 g/mol. The van der Waals surface area contributed by atoms with Gasteiger partial charge in [0.2, 0.25) is 11.6 Å². The van der Waals surface area contributed by atoms with Gasteiger partial charge >= 0.3 is 11.9 Å². The molecule has 2 aromatic heterocycles. The lowest BCUT2D eigenvalue weighted by Crippen LogP contribution is -2.21. The van der Waals surface area contributed by atoms with E-state index in [9.17, 15) is 32.9 Å². The number of benzene rings is 1. The number of carbonyl (C=O) groups excluding carboxylic acids is 2. The Bertz CT molecular complexity index is 1220. The van der Waals surface area contributed by atoms with E-state index in [2.05, 4.69) is 20.8 Å². The maximum absolute atomic E-state index is 13.1. The van der Waals surface area contributed by atoms with Crippen LogP contribution in [0.1, 0.15) is 28.8 Å². The number of aromatic nitrogens is 4.